The molecule has 98 valence electrons. The van der Waals surface area contributed by atoms with Crippen molar-refractivity contribution in [3.8, 4) is 0 Å². The van der Waals surface area contributed by atoms with Crippen LogP contribution in [0.1, 0.15) is 24.2 Å². The van der Waals surface area contributed by atoms with Crippen LogP contribution in [0.2, 0.25) is 5.02 Å². The molecule has 0 spiro atoms. The highest BCUT2D eigenvalue weighted by atomic mass is 79.9. The van der Waals surface area contributed by atoms with Crippen molar-refractivity contribution >= 4 is 33.4 Å². The number of halogens is 2. The first-order valence-electron chi connectivity index (χ1n) is 5.87. The van der Waals surface area contributed by atoms with Crippen LogP contribution >= 0.6 is 27.5 Å². The fraction of sp³-hybridized carbons (Fsp3) is 0.462. The van der Waals surface area contributed by atoms with Crippen LogP contribution in [0.5, 0.6) is 0 Å². The van der Waals surface area contributed by atoms with Gasteiger partial charge in [0, 0.05) is 22.6 Å². The van der Waals surface area contributed by atoms with Gasteiger partial charge in [-0.2, -0.15) is 0 Å². The summed E-state index contributed by atoms with van der Waals surface area (Å²) < 4.78 is 6.39. The Bertz CT molecular complexity index is 456. The maximum atomic E-state index is 12.4. The normalized spacial score (nSPS) is 24.1. The summed E-state index contributed by atoms with van der Waals surface area (Å²) in [5.74, 6) is -0.00799. The Labute approximate surface area is 120 Å². The molecule has 1 fully saturated rings. The van der Waals surface area contributed by atoms with Crippen molar-refractivity contribution in [1.29, 1.82) is 0 Å². The minimum absolute atomic E-state index is 0.00799. The number of benzene rings is 1. The number of ether oxygens (including phenoxy) is 1. The molecule has 0 bridgehead atoms. The minimum atomic E-state index is -0.00799. The van der Waals surface area contributed by atoms with E-state index in [0.717, 1.165) is 4.47 Å². The van der Waals surface area contributed by atoms with E-state index in [1.54, 1.807) is 18.2 Å². The van der Waals surface area contributed by atoms with E-state index in [1.165, 1.54) is 0 Å². The van der Waals surface area contributed by atoms with E-state index in [-0.39, 0.29) is 18.1 Å². The Hall–Kier alpha value is -0.580. The number of amides is 1. The first-order chi connectivity index (χ1) is 8.47. The maximum Gasteiger partial charge on any atom is 0.255 e. The van der Waals surface area contributed by atoms with Crippen molar-refractivity contribution in [2.75, 3.05) is 13.1 Å². The van der Waals surface area contributed by atoms with Gasteiger partial charge in [0.1, 0.15) is 0 Å². The van der Waals surface area contributed by atoms with Gasteiger partial charge in [-0.3, -0.25) is 4.79 Å². The van der Waals surface area contributed by atoms with Crippen molar-refractivity contribution in [2.24, 2.45) is 0 Å². The molecule has 3 nitrogen and oxygen atoms in total. The van der Waals surface area contributed by atoms with E-state index < -0.39 is 0 Å². The molecule has 0 unspecified atom stereocenters. The fourth-order valence-electron chi connectivity index (χ4n) is 2.18. The average molecular weight is 333 g/mol. The molecule has 1 aromatic carbocycles. The molecule has 5 heteroatoms. The van der Waals surface area contributed by atoms with Crippen LogP contribution in [0.3, 0.4) is 0 Å². The second-order valence-corrected chi connectivity index (χ2v) is 5.88. The summed E-state index contributed by atoms with van der Waals surface area (Å²) in [7, 11) is 0. The lowest BCUT2D eigenvalue weighted by Gasteiger charge is -2.35. The number of rotatable bonds is 1. The maximum absolute atomic E-state index is 12.4. The average Bonchev–Trinajstić information content (AvgIpc) is 2.30. The van der Waals surface area contributed by atoms with Crippen LogP contribution in [0.15, 0.2) is 22.7 Å². The second-order valence-electron chi connectivity index (χ2n) is 4.59. The largest absolute Gasteiger partial charge is 0.372 e. The summed E-state index contributed by atoms with van der Waals surface area (Å²) in [6, 6.07) is 5.24. The van der Waals surface area contributed by atoms with Gasteiger partial charge in [-0.05, 0) is 48.0 Å². The minimum Gasteiger partial charge on any atom is -0.372 e. The molecule has 0 N–H and O–H groups in total. The van der Waals surface area contributed by atoms with E-state index in [9.17, 15) is 4.79 Å². The first-order valence-corrected chi connectivity index (χ1v) is 7.04. The van der Waals surface area contributed by atoms with Crippen molar-refractivity contribution in [3.05, 3.63) is 33.3 Å². The van der Waals surface area contributed by atoms with Crippen molar-refractivity contribution in [2.45, 2.75) is 26.1 Å². The molecule has 0 saturated carbocycles. The van der Waals surface area contributed by atoms with Gasteiger partial charge < -0.3 is 9.64 Å². The topological polar surface area (TPSA) is 29.5 Å². The van der Waals surface area contributed by atoms with E-state index in [2.05, 4.69) is 15.9 Å². The SMILES string of the molecule is C[C@@H]1CN(C(=O)c2cc(Cl)ccc2Br)C[C@H](C)O1. The molecule has 1 heterocycles. The quantitative estimate of drug-likeness (QED) is 0.789. The molecule has 0 radical (unpaired) electrons. The number of nitrogens with zero attached hydrogens (tertiary/aromatic N) is 1. The smallest absolute Gasteiger partial charge is 0.255 e. The monoisotopic (exact) mass is 331 g/mol. The van der Waals surface area contributed by atoms with Crippen LogP contribution in [-0.4, -0.2) is 36.1 Å². The zero-order chi connectivity index (χ0) is 13.3. The third-order valence-corrected chi connectivity index (χ3v) is 3.79. The summed E-state index contributed by atoms with van der Waals surface area (Å²) >= 11 is 9.33. The molecule has 1 saturated heterocycles. The highest BCUT2D eigenvalue weighted by Gasteiger charge is 2.27. The molecule has 2 rings (SSSR count). The Morgan fingerprint density at radius 2 is 2.00 bits per heavy atom. The van der Waals surface area contributed by atoms with Crippen molar-refractivity contribution in [3.63, 3.8) is 0 Å². The number of carbonyl (C=O) groups excluding carboxylic acids is 1. The molecule has 1 aromatic rings. The number of carbonyl (C=O) groups is 1. The first kappa shape index (κ1) is 13.8. The van der Waals surface area contributed by atoms with Gasteiger partial charge >= 0.3 is 0 Å². The highest BCUT2D eigenvalue weighted by Crippen LogP contribution is 2.24. The van der Waals surface area contributed by atoms with Gasteiger partial charge in [-0.25, -0.2) is 0 Å². The Kier molecular flexibility index (Phi) is 4.30. The van der Waals surface area contributed by atoms with Gasteiger partial charge in [0.2, 0.25) is 0 Å². The van der Waals surface area contributed by atoms with Crippen LogP contribution in [0, 0.1) is 0 Å². The van der Waals surface area contributed by atoms with Gasteiger partial charge in [0.05, 0.1) is 17.8 Å². The van der Waals surface area contributed by atoms with Crippen LogP contribution in [-0.2, 0) is 4.74 Å². The van der Waals surface area contributed by atoms with Crippen LogP contribution in [0.25, 0.3) is 0 Å². The zero-order valence-electron chi connectivity index (χ0n) is 10.3. The summed E-state index contributed by atoms with van der Waals surface area (Å²) in [4.78, 5) is 14.3. The Balaban J connectivity index is 2.22. The summed E-state index contributed by atoms with van der Waals surface area (Å²) in [6.45, 7) is 5.18. The van der Waals surface area contributed by atoms with Gasteiger partial charge in [0.25, 0.3) is 5.91 Å². The van der Waals surface area contributed by atoms with Crippen LogP contribution in [0.4, 0.5) is 0 Å². The van der Waals surface area contributed by atoms with E-state index in [0.29, 0.717) is 23.7 Å². The molecular weight excluding hydrogens is 318 g/mol. The number of hydrogen-bond donors (Lipinski definition) is 0. The third-order valence-electron chi connectivity index (χ3n) is 2.87. The summed E-state index contributed by atoms with van der Waals surface area (Å²) in [5.41, 5.74) is 0.601. The lowest BCUT2D eigenvalue weighted by molar-refractivity contribution is -0.0586. The fourth-order valence-corrected chi connectivity index (χ4v) is 2.76. The summed E-state index contributed by atoms with van der Waals surface area (Å²) in [6.07, 6.45) is 0.131. The molecule has 0 aliphatic carbocycles. The molecule has 1 aliphatic rings. The lowest BCUT2D eigenvalue weighted by atomic mass is 10.1. The molecule has 0 aromatic heterocycles. The Morgan fingerprint density at radius 1 is 1.39 bits per heavy atom. The predicted octanol–water partition coefficient (Wildman–Crippen LogP) is 3.35. The molecule has 2 atom stereocenters. The standard InChI is InChI=1S/C13H15BrClNO2/c1-8-6-16(7-9(2)18-8)13(17)11-5-10(15)3-4-12(11)14/h3-5,8-9H,6-7H2,1-2H3/t8-,9+. The number of morpholine rings is 1. The van der Waals surface area contributed by atoms with Crippen molar-refractivity contribution < 1.29 is 9.53 Å². The molecule has 1 aliphatic heterocycles. The van der Waals surface area contributed by atoms with E-state index >= 15 is 0 Å². The highest BCUT2D eigenvalue weighted by molar-refractivity contribution is 9.10. The van der Waals surface area contributed by atoms with E-state index in [1.807, 2.05) is 18.7 Å². The van der Waals surface area contributed by atoms with Crippen LogP contribution < -0.4 is 0 Å². The Morgan fingerprint density at radius 3 is 2.61 bits per heavy atom. The van der Waals surface area contributed by atoms with Gasteiger partial charge in [0.15, 0.2) is 0 Å². The predicted molar refractivity (Wildman–Crippen MR) is 75.1 cm³/mol. The second kappa shape index (κ2) is 5.59. The zero-order valence-corrected chi connectivity index (χ0v) is 12.7. The van der Waals surface area contributed by atoms with E-state index in [4.69, 9.17) is 16.3 Å². The number of hydrogen-bond acceptors (Lipinski definition) is 2. The van der Waals surface area contributed by atoms with Gasteiger partial charge in [-0.1, -0.05) is 11.6 Å². The third kappa shape index (κ3) is 3.05. The molecule has 18 heavy (non-hydrogen) atoms. The van der Waals surface area contributed by atoms with Gasteiger partial charge in [-0.15, -0.1) is 0 Å². The molecule has 1 amide bonds. The molecular formula is C13H15BrClNO2. The summed E-state index contributed by atoms with van der Waals surface area (Å²) in [5, 5.41) is 0.566. The van der Waals surface area contributed by atoms with Crippen molar-refractivity contribution in [1.82, 2.24) is 4.90 Å². The lowest BCUT2D eigenvalue weighted by Crippen LogP contribution is -2.48.